The number of nitrogens with zero attached hydrogens (tertiary/aromatic N) is 2. The summed E-state index contributed by atoms with van der Waals surface area (Å²) in [6.45, 7) is 3.60. The molecule has 2 aliphatic heterocycles. The molecule has 116 valence electrons. The molecule has 3 atom stereocenters. The number of piperidine rings is 1. The molecule has 0 N–H and O–H groups in total. The number of imide groups is 1. The van der Waals surface area contributed by atoms with E-state index in [-0.39, 0.29) is 36.1 Å². The summed E-state index contributed by atoms with van der Waals surface area (Å²) < 4.78 is 0. The highest BCUT2D eigenvalue weighted by Gasteiger charge is 2.48. The second kappa shape index (κ2) is 5.78. The van der Waals surface area contributed by atoms with Crippen molar-refractivity contribution in [3.63, 3.8) is 0 Å². The number of rotatable bonds is 2. The predicted octanol–water partition coefficient (Wildman–Crippen LogP) is 1.42. The van der Waals surface area contributed by atoms with Gasteiger partial charge in [0, 0.05) is 13.1 Å². The van der Waals surface area contributed by atoms with Crippen LogP contribution in [0.3, 0.4) is 0 Å². The molecule has 0 aromatic carbocycles. The summed E-state index contributed by atoms with van der Waals surface area (Å²) in [5.41, 5.74) is 0. The summed E-state index contributed by atoms with van der Waals surface area (Å²) >= 11 is 0. The molecule has 1 saturated carbocycles. The average molecular weight is 292 g/mol. The van der Waals surface area contributed by atoms with Gasteiger partial charge in [0.15, 0.2) is 0 Å². The van der Waals surface area contributed by atoms with Crippen molar-refractivity contribution in [2.45, 2.75) is 45.4 Å². The van der Waals surface area contributed by atoms with Crippen LogP contribution in [0.15, 0.2) is 0 Å². The van der Waals surface area contributed by atoms with Gasteiger partial charge >= 0.3 is 0 Å². The molecule has 0 spiro atoms. The fraction of sp³-hybridized carbons (Fsp3) is 0.812. The van der Waals surface area contributed by atoms with Gasteiger partial charge in [0.2, 0.25) is 17.7 Å². The molecule has 3 amide bonds. The molecule has 1 aliphatic carbocycles. The third kappa shape index (κ3) is 2.70. The summed E-state index contributed by atoms with van der Waals surface area (Å²) in [6, 6.07) is 0. The first-order valence-corrected chi connectivity index (χ1v) is 8.21. The molecule has 5 heteroatoms. The topological polar surface area (TPSA) is 57.7 Å². The lowest BCUT2D eigenvalue weighted by Gasteiger charge is -2.32. The molecule has 0 bridgehead atoms. The molecule has 3 unspecified atom stereocenters. The lowest BCUT2D eigenvalue weighted by atomic mass is 9.81. The van der Waals surface area contributed by atoms with Crippen molar-refractivity contribution in [2.75, 3.05) is 19.6 Å². The van der Waals surface area contributed by atoms with Gasteiger partial charge in [0.25, 0.3) is 0 Å². The van der Waals surface area contributed by atoms with Crippen LogP contribution in [0, 0.1) is 17.8 Å². The molecular weight excluding hydrogens is 268 g/mol. The van der Waals surface area contributed by atoms with Crippen molar-refractivity contribution in [1.82, 2.24) is 9.80 Å². The number of hydrogen-bond acceptors (Lipinski definition) is 3. The highest BCUT2D eigenvalue weighted by molar-refractivity contribution is 6.07. The van der Waals surface area contributed by atoms with E-state index in [1.165, 1.54) is 4.90 Å². The highest BCUT2D eigenvalue weighted by atomic mass is 16.2. The van der Waals surface area contributed by atoms with Gasteiger partial charge in [-0.1, -0.05) is 19.8 Å². The molecule has 0 aromatic rings. The smallest absolute Gasteiger partial charge is 0.242 e. The van der Waals surface area contributed by atoms with E-state index in [4.69, 9.17) is 0 Å². The third-order valence-electron chi connectivity index (χ3n) is 5.24. The molecule has 0 radical (unpaired) electrons. The van der Waals surface area contributed by atoms with E-state index in [1.54, 1.807) is 0 Å². The number of hydrogen-bond donors (Lipinski definition) is 0. The molecule has 2 heterocycles. The standard InChI is InChI=1S/C16H24N2O3/c1-11-5-4-8-17(9-11)14(19)10-18-15(20)12-6-2-3-7-13(12)16(18)21/h11-13H,2-10H2,1H3. The lowest BCUT2D eigenvalue weighted by Crippen LogP contribution is -2.46. The maximum atomic E-state index is 12.4. The quantitative estimate of drug-likeness (QED) is 0.723. The van der Waals surface area contributed by atoms with Crippen LogP contribution in [-0.4, -0.2) is 47.2 Å². The average Bonchev–Trinajstić information content (AvgIpc) is 2.73. The van der Waals surface area contributed by atoms with Crippen LogP contribution in [0.4, 0.5) is 0 Å². The normalized spacial score (nSPS) is 33.3. The van der Waals surface area contributed by atoms with E-state index in [1.807, 2.05) is 4.90 Å². The summed E-state index contributed by atoms with van der Waals surface area (Å²) in [5, 5.41) is 0. The minimum atomic E-state index is -0.153. The van der Waals surface area contributed by atoms with Gasteiger partial charge in [-0.25, -0.2) is 0 Å². The second-order valence-electron chi connectivity index (χ2n) is 6.85. The number of likely N-dealkylation sites (tertiary alicyclic amines) is 2. The van der Waals surface area contributed by atoms with Gasteiger partial charge in [-0.2, -0.15) is 0 Å². The molecule has 3 rings (SSSR count). The van der Waals surface area contributed by atoms with Crippen LogP contribution in [0.2, 0.25) is 0 Å². The Kier molecular flexibility index (Phi) is 4.00. The molecule has 2 saturated heterocycles. The van der Waals surface area contributed by atoms with E-state index < -0.39 is 0 Å². The highest BCUT2D eigenvalue weighted by Crippen LogP contribution is 2.37. The Balaban J connectivity index is 1.65. The van der Waals surface area contributed by atoms with Gasteiger partial charge in [0.1, 0.15) is 6.54 Å². The van der Waals surface area contributed by atoms with Crippen LogP contribution < -0.4 is 0 Å². The van der Waals surface area contributed by atoms with Gasteiger partial charge in [-0.3, -0.25) is 19.3 Å². The van der Waals surface area contributed by atoms with Crippen molar-refractivity contribution < 1.29 is 14.4 Å². The van der Waals surface area contributed by atoms with Crippen molar-refractivity contribution in [2.24, 2.45) is 17.8 Å². The monoisotopic (exact) mass is 292 g/mol. The maximum Gasteiger partial charge on any atom is 0.242 e. The molecule has 0 aromatic heterocycles. The van der Waals surface area contributed by atoms with Crippen LogP contribution in [-0.2, 0) is 14.4 Å². The predicted molar refractivity (Wildman–Crippen MR) is 77.1 cm³/mol. The van der Waals surface area contributed by atoms with E-state index in [2.05, 4.69) is 6.92 Å². The van der Waals surface area contributed by atoms with Crippen molar-refractivity contribution in [1.29, 1.82) is 0 Å². The second-order valence-corrected chi connectivity index (χ2v) is 6.85. The maximum absolute atomic E-state index is 12.4. The fourth-order valence-electron chi connectivity index (χ4n) is 4.04. The van der Waals surface area contributed by atoms with Crippen molar-refractivity contribution in [3.8, 4) is 0 Å². The van der Waals surface area contributed by atoms with Gasteiger partial charge in [-0.05, 0) is 31.6 Å². The third-order valence-corrected chi connectivity index (χ3v) is 5.24. The Morgan fingerprint density at radius 1 is 1.05 bits per heavy atom. The van der Waals surface area contributed by atoms with Gasteiger partial charge in [-0.15, -0.1) is 0 Å². The zero-order valence-corrected chi connectivity index (χ0v) is 12.7. The molecule has 5 nitrogen and oxygen atoms in total. The first-order valence-electron chi connectivity index (χ1n) is 8.21. The summed E-state index contributed by atoms with van der Waals surface area (Å²) in [4.78, 5) is 40.2. The van der Waals surface area contributed by atoms with Gasteiger partial charge in [0.05, 0.1) is 11.8 Å². The zero-order chi connectivity index (χ0) is 15.0. The summed E-state index contributed by atoms with van der Waals surface area (Å²) in [5.74, 6) is -0.0815. The van der Waals surface area contributed by atoms with Crippen LogP contribution in [0.1, 0.15) is 45.4 Å². The first kappa shape index (κ1) is 14.5. The van der Waals surface area contributed by atoms with E-state index in [9.17, 15) is 14.4 Å². The molecule has 21 heavy (non-hydrogen) atoms. The van der Waals surface area contributed by atoms with Crippen LogP contribution in [0.25, 0.3) is 0 Å². The molecular formula is C16H24N2O3. The van der Waals surface area contributed by atoms with E-state index in [0.29, 0.717) is 5.92 Å². The molecule has 3 aliphatic rings. The zero-order valence-electron chi connectivity index (χ0n) is 12.7. The summed E-state index contributed by atoms with van der Waals surface area (Å²) in [7, 11) is 0. The van der Waals surface area contributed by atoms with Crippen molar-refractivity contribution >= 4 is 17.7 Å². The Labute approximate surface area is 125 Å². The Morgan fingerprint density at radius 2 is 1.67 bits per heavy atom. The molecule has 3 fully saturated rings. The van der Waals surface area contributed by atoms with Crippen LogP contribution in [0.5, 0.6) is 0 Å². The van der Waals surface area contributed by atoms with E-state index >= 15 is 0 Å². The lowest BCUT2D eigenvalue weighted by molar-refractivity contribution is -0.147. The first-order chi connectivity index (χ1) is 10.1. The van der Waals surface area contributed by atoms with Crippen LogP contribution >= 0.6 is 0 Å². The largest absolute Gasteiger partial charge is 0.341 e. The number of carbonyl (C=O) groups is 3. The Hall–Kier alpha value is -1.39. The SMILES string of the molecule is CC1CCCN(C(=O)CN2C(=O)C3CCCCC3C2=O)C1. The Bertz CT molecular complexity index is 438. The fourth-order valence-corrected chi connectivity index (χ4v) is 4.04. The van der Waals surface area contributed by atoms with E-state index in [0.717, 1.165) is 51.6 Å². The van der Waals surface area contributed by atoms with Crippen molar-refractivity contribution in [3.05, 3.63) is 0 Å². The van der Waals surface area contributed by atoms with Gasteiger partial charge < -0.3 is 4.90 Å². The Morgan fingerprint density at radius 3 is 2.24 bits per heavy atom. The minimum absolute atomic E-state index is 0.0443. The number of amides is 3. The minimum Gasteiger partial charge on any atom is -0.341 e. The summed E-state index contributed by atoms with van der Waals surface area (Å²) in [6.07, 6.45) is 5.81. The number of fused-ring (bicyclic) bond motifs is 1. The number of carbonyl (C=O) groups excluding carboxylic acids is 3.